The van der Waals surface area contributed by atoms with Gasteiger partial charge in [0.2, 0.25) is 5.91 Å². The van der Waals surface area contributed by atoms with E-state index < -0.39 is 0 Å². The number of carbonyl (C=O) groups is 2. The van der Waals surface area contributed by atoms with Crippen LogP contribution in [0.1, 0.15) is 18.5 Å². The Labute approximate surface area is 161 Å². The van der Waals surface area contributed by atoms with Crippen LogP contribution in [-0.2, 0) is 20.7 Å². The van der Waals surface area contributed by atoms with Crippen molar-refractivity contribution < 1.29 is 14.3 Å². The molecule has 1 saturated heterocycles. The molecule has 2 heterocycles. The molecule has 1 N–H and O–H groups in total. The molecule has 0 saturated carbocycles. The lowest BCUT2D eigenvalue weighted by Gasteiger charge is -2.30. The number of likely N-dealkylation sites (tertiary alicyclic amines) is 1. The molecule has 0 unspecified atom stereocenters. The maximum atomic E-state index is 12.5. The molecule has 1 amide bonds. The molecule has 0 radical (unpaired) electrons. The number of aromatic nitrogens is 1. The minimum Gasteiger partial charge on any atom is -0.469 e. The number of benzene rings is 1. The van der Waals surface area contributed by atoms with E-state index in [2.05, 4.69) is 10.3 Å². The van der Waals surface area contributed by atoms with E-state index in [-0.39, 0.29) is 24.2 Å². The quantitative estimate of drug-likeness (QED) is 0.787. The Bertz CT molecular complexity index is 787. The summed E-state index contributed by atoms with van der Waals surface area (Å²) in [6, 6.07) is 7.39. The smallest absolute Gasteiger partial charge is 0.308 e. The molecule has 0 bridgehead atoms. The van der Waals surface area contributed by atoms with Gasteiger partial charge in [-0.2, -0.15) is 0 Å². The summed E-state index contributed by atoms with van der Waals surface area (Å²) >= 11 is 7.42. The molecule has 1 aliphatic rings. The zero-order chi connectivity index (χ0) is 18.5. The number of nitrogens with one attached hydrogen (secondary N) is 1. The van der Waals surface area contributed by atoms with Gasteiger partial charge in [0.1, 0.15) is 0 Å². The zero-order valence-electron chi connectivity index (χ0n) is 14.4. The van der Waals surface area contributed by atoms with Crippen LogP contribution in [0.2, 0.25) is 5.02 Å². The lowest BCUT2D eigenvalue weighted by atomic mass is 9.97. The van der Waals surface area contributed by atoms with Crippen molar-refractivity contribution in [2.75, 3.05) is 25.5 Å². The van der Waals surface area contributed by atoms with Gasteiger partial charge in [-0.25, -0.2) is 4.98 Å². The van der Waals surface area contributed by atoms with Gasteiger partial charge in [0.25, 0.3) is 0 Å². The van der Waals surface area contributed by atoms with Crippen molar-refractivity contribution in [1.82, 2.24) is 9.88 Å². The molecule has 0 atom stereocenters. The molecule has 3 rings (SSSR count). The van der Waals surface area contributed by atoms with E-state index in [4.69, 9.17) is 16.3 Å². The van der Waals surface area contributed by atoms with Crippen LogP contribution < -0.4 is 5.32 Å². The van der Waals surface area contributed by atoms with Gasteiger partial charge < -0.3 is 15.0 Å². The van der Waals surface area contributed by atoms with Crippen molar-refractivity contribution in [1.29, 1.82) is 0 Å². The largest absolute Gasteiger partial charge is 0.469 e. The highest BCUT2D eigenvalue weighted by Crippen LogP contribution is 2.24. The zero-order valence-corrected chi connectivity index (χ0v) is 16.0. The third-order valence-corrected chi connectivity index (χ3v) is 5.38. The van der Waals surface area contributed by atoms with E-state index >= 15 is 0 Å². The summed E-state index contributed by atoms with van der Waals surface area (Å²) in [5.41, 5.74) is 1.59. The number of esters is 1. The number of hydrogen-bond donors (Lipinski definition) is 1. The predicted molar refractivity (Wildman–Crippen MR) is 102 cm³/mol. The molecule has 1 aromatic heterocycles. The van der Waals surface area contributed by atoms with Crippen molar-refractivity contribution >= 4 is 45.6 Å². The number of halogens is 1. The monoisotopic (exact) mass is 393 g/mol. The molecule has 1 fully saturated rings. The molecule has 26 heavy (non-hydrogen) atoms. The first-order valence-corrected chi connectivity index (χ1v) is 9.63. The van der Waals surface area contributed by atoms with E-state index in [1.165, 1.54) is 18.4 Å². The molecular weight excluding hydrogens is 374 g/mol. The van der Waals surface area contributed by atoms with Gasteiger partial charge >= 0.3 is 5.97 Å². The third kappa shape index (κ3) is 4.74. The van der Waals surface area contributed by atoms with Gasteiger partial charge in [-0.05, 0) is 31.0 Å². The minimum atomic E-state index is -0.187. The van der Waals surface area contributed by atoms with Crippen LogP contribution >= 0.6 is 22.9 Å². The molecule has 2 aromatic rings. The lowest BCUT2D eigenvalue weighted by Crippen LogP contribution is -2.41. The summed E-state index contributed by atoms with van der Waals surface area (Å²) in [7, 11) is 1.40. The third-order valence-electron chi connectivity index (χ3n) is 4.34. The molecule has 1 aliphatic heterocycles. The Kier molecular flexibility index (Phi) is 6.11. The van der Waals surface area contributed by atoms with Crippen LogP contribution in [0.3, 0.4) is 0 Å². The summed E-state index contributed by atoms with van der Waals surface area (Å²) in [4.78, 5) is 30.3. The van der Waals surface area contributed by atoms with E-state index in [1.807, 2.05) is 29.6 Å². The van der Waals surface area contributed by atoms with Crippen LogP contribution in [0.4, 0.5) is 10.8 Å². The first-order chi connectivity index (χ1) is 12.5. The highest BCUT2D eigenvalue weighted by Gasteiger charge is 2.28. The van der Waals surface area contributed by atoms with Crippen molar-refractivity contribution in [3.8, 4) is 0 Å². The molecule has 0 aliphatic carbocycles. The number of thiazole rings is 1. The second kappa shape index (κ2) is 8.51. The van der Waals surface area contributed by atoms with Crippen LogP contribution in [-0.4, -0.2) is 42.0 Å². The first-order valence-electron chi connectivity index (χ1n) is 8.38. The fourth-order valence-electron chi connectivity index (χ4n) is 2.93. The second-order valence-corrected chi connectivity index (χ2v) is 7.43. The Morgan fingerprint density at radius 2 is 2.15 bits per heavy atom. The van der Waals surface area contributed by atoms with Crippen molar-refractivity contribution in [2.24, 2.45) is 5.92 Å². The van der Waals surface area contributed by atoms with Gasteiger partial charge in [-0.1, -0.05) is 17.7 Å². The molecular formula is C18H20ClN3O3S. The molecule has 138 valence electrons. The number of piperidine rings is 1. The molecule has 0 spiro atoms. The van der Waals surface area contributed by atoms with Crippen molar-refractivity contribution in [3.63, 3.8) is 0 Å². The minimum absolute atomic E-state index is 0.0351. The maximum Gasteiger partial charge on any atom is 0.308 e. The number of nitrogens with zero attached hydrogens (tertiary/aromatic N) is 2. The average Bonchev–Trinajstić information content (AvgIpc) is 3.08. The number of methoxy groups -OCH3 is 1. The van der Waals surface area contributed by atoms with E-state index in [0.717, 1.165) is 16.5 Å². The summed E-state index contributed by atoms with van der Waals surface area (Å²) in [6.07, 6.45) is 1.56. The summed E-state index contributed by atoms with van der Waals surface area (Å²) < 4.78 is 4.77. The maximum absolute atomic E-state index is 12.5. The van der Waals surface area contributed by atoms with Gasteiger partial charge in [-0.15, -0.1) is 11.3 Å². The van der Waals surface area contributed by atoms with Crippen molar-refractivity contribution in [3.05, 3.63) is 40.4 Å². The summed E-state index contributed by atoms with van der Waals surface area (Å²) in [5.74, 6) is -0.252. The molecule has 6 nitrogen and oxygen atoms in total. The number of rotatable bonds is 5. The first kappa shape index (κ1) is 18.7. The summed E-state index contributed by atoms with van der Waals surface area (Å²) in [6.45, 7) is 1.16. The van der Waals surface area contributed by atoms with Gasteiger partial charge in [-0.3, -0.25) is 9.59 Å². The normalized spacial score (nSPS) is 14.9. The molecule has 1 aromatic carbocycles. The van der Waals surface area contributed by atoms with E-state index in [9.17, 15) is 9.59 Å². The van der Waals surface area contributed by atoms with E-state index in [0.29, 0.717) is 31.0 Å². The Balaban J connectivity index is 1.52. The topological polar surface area (TPSA) is 71.5 Å². The van der Waals surface area contributed by atoms with Gasteiger partial charge in [0.05, 0.1) is 25.1 Å². The Hall–Kier alpha value is -2.12. The van der Waals surface area contributed by atoms with Crippen LogP contribution in [0.25, 0.3) is 0 Å². The molecule has 8 heteroatoms. The van der Waals surface area contributed by atoms with Crippen LogP contribution in [0.5, 0.6) is 0 Å². The number of hydrogen-bond acceptors (Lipinski definition) is 6. The fourth-order valence-corrected chi connectivity index (χ4v) is 3.85. The second-order valence-electron chi connectivity index (χ2n) is 6.13. The fraction of sp³-hybridized carbons (Fsp3) is 0.389. The number of amides is 1. The number of anilines is 2. The highest BCUT2D eigenvalue weighted by atomic mass is 35.5. The van der Waals surface area contributed by atoms with E-state index in [1.54, 1.807) is 4.90 Å². The standard InChI is InChI=1S/C18H20ClN3O3S/c1-25-17(24)12-5-7-22(8-6-12)16(23)10-15-11-26-18(21-15)20-14-4-2-3-13(19)9-14/h2-4,9,11-12H,5-8,10H2,1H3,(H,20,21). The Morgan fingerprint density at radius 3 is 2.85 bits per heavy atom. The number of ether oxygens (including phenoxy) is 1. The average molecular weight is 394 g/mol. The Morgan fingerprint density at radius 1 is 1.38 bits per heavy atom. The van der Waals surface area contributed by atoms with Crippen molar-refractivity contribution in [2.45, 2.75) is 19.3 Å². The highest BCUT2D eigenvalue weighted by molar-refractivity contribution is 7.13. The lowest BCUT2D eigenvalue weighted by molar-refractivity contribution is -0.148. The van der Waals surface area contributed by atoms with Gasteiger partial charge in [0.15, 0.2) is 5.13 Å². The number of carbonyl (C=O) groups excluding carboxylic acids is 2. The van der Waals surface area contributed by atoms with Gasteiger partial charge in [0, 0.05) is 29.2 Å². The van der Waals surface area contributed by atoms with Crippen LogP contribution in [0, 0.1) is 5.92 Å². The van der Waals surface area contributed by atoms with Crippen LogP contribution in [0.15, 0.2) is 29.6 Å². The SMILES string of the molecule is COC(=O)C1CCN(C(=O)Cc2csc(Nc3cccc(Cl)c3)n2)CC1. The summed E-state index contributed by atoms with van der Waals surface area (Å²) in [5, 5.41) is 6.44. The predicted octanol–water partition coefficient (Wildman–Crippen LogP) is 3.49.